The summed E-state index contributed by atoms with van der Waals surface area (Å²) in [5.41, 5.74) is 6.00. The first-order valence-corrected chi connectivity index (χ1v) is 5.85. The predicted octanol–water partition coefficient (Wildman–Crippen LogP) is 1.44. The Labute approximate surface area is 88.3 Å². The molecular formula is C10H16N2OS. The van der Waals surface area contributed by atoms with E-state index in [1.165, 1.54) is 5.01 Å². The van der Waals surface area contributed by atoms with Crippen LogP contribution in [0.15, 0.2) is 11.6 Å². The molecule has 0 saturated carbocycles. The number of aromatic nitrogens is 1. The molecule has 0 spiro atoms. The molecule has 0 amide bonds. The lowest BCUT2D eigenvalue weighted by atomic mass is 9.79. The summed E-state index contributed by atoms with van der Waals surface area (Å²) in [6.07, 6.45) is 4.13. The molecule has 78 valence electrons. The average Bonchev–Trinajstić information content (AvgIpc) is 2.79. The Morgan fingerprint density at radius 2 is 2.64 bits per heavy atom. The Balaban J connectivity index is 2.13. The minimum absolute atomic E-state index is 0.123. The summed E-state index contributed by atoms with van der Waals surface area (Å²) in [6.45, 7) is 3.64. The van der Waals surface area contributed by atoms with Crippen molar-refractivity contribution in [3.8, 4) is 0 Å². The van der Waals surface area contributed by atoms with E-state index in [1.54, 1.807) is 11.3 Å². The molecule has 1 aliphatic rings. The Morgan fingerprint density at radius 1 is 1.79 bits per heavy atom. The molecule has 1 aromatic heterocycles. The van der Waals surface area contributed by atoms with E-state index in [-0.39, 0.29) is 11.5 Å². The lowest BCUT2D eigenvalue weighted by Gasteiger charge is -2.29. The average molecular weight is 212 g/mol. The van der Waals surface area contributed by atoms with Crippen LogP contribution in [0.25, 0.3) is 0 Å². The van der Waals surface area contributed by atoms with Gasteiger partial charge in [-0.15, -0.1) is 11.3 Å². The summed E-state index contributed by atoms with van der Waals surface area (Å²) in [6, 6.07) is 0. The molecule has 0 bridgehead atoms. The topological polar surface area (TPSA) is 48.1 Å². The van der Waals surface area contributed by atoms with Crippen molar-refractivity contribution in [3.05, 3.63) is 16.6 Å². The van der Waals surface area contributed by atoms with Gasteiger partial charge in [-0.3, -0.25) is 0 Å². The van der Waals surface area contributed by atoms with E-state index in [0.717, 1.165) is 19.4 Å². The van der Waals surface area contributed by atoms with Crippen molar-refractivity contribution in [1.82, 2.24) is 4.98 Å². The maximum absolute atomic E-state index is 5.87. The molecule has 14 heavy (non-hydrogen) atoms. The first kappa shape index (κ1) is 10.1. The Hall–Kier alpha value is -0.450. The van der Waals surface area contributed by atoms with Crippen molar-refractivity contribution in [3.63, 3.8) is 0 Å². The third-order valence-electron chi connectivity index (χ3n) is 3.22. The summed E-state index contributed by atoms with van der Waals surface area (Å²) >= 11 is 1.70. The van der Waals surface area contributed by atoms with Gasteiger partial charge in [0.1, 0.15) is 0 Å². The highest BCUT2D eigenvalue weighted by atomic mass is 32.1. The van der Waals surface area contributed by atoms with Crippen molar-refractivity contribution in [1.29, 1.82) is 0 Å². The van der Waals surface area contributed by atoms with Gasteiger partial charge in [0.15, 0.2) is 0 Å². The standard InChI is InChI=1S/C10H16N2OS/c1-8-10(7-11,2-4-13-8)6-9-12-3-5-14-9/h3,5,8H,2,4,6-7,11H2,1H3. The highest BCUT2D eigenvalue weighted by Gasteiger charge is 2.40. The zero-order valence-corrected chi connectivity index (χ0v) is 9.22. The summed E-state index contributed by atoms with van der Waals surface area (Å²) in [5.74, 6) is 0. The number of nitrogens with two attached hydrogens (primary N) is 1. The van der Waals surface area contributed by atoms with E-state index in [9.17, 15) is 0 Å². The van der Waals surface area contributed by atoms with Gasteiger partial charge in [-0.1, -0.05) is 0 Å². The molecule has 2 rings (SSSR count). The molecule has 2 unspecified atom stereocenters. The van der Waals surface area contributed by atoms with Crippen LogP contribution < -0.4 is 5.73 Å². The summed E-state index contributed by atoms with van der Waals surface area (Å²) in [5, 5.41) is 3.19. The van der Waals surface area contributed by atoms with Crippen molar-refractivity contribution in [2.24, 2.45) is 11.1 Å². The maximum Gasteiger partial charge on any atom is 0.0931 e. The van der Waals surface area contributed by atoms with Crippen LogP contribution in [0.3, 0.4) is 0 Å². The van der Waals surface area contributed by atoms with Crippen LogP contribution in [0, 0.1) is 5.41 Å². The van der Waals surface area contributed by atoms with Crippen LogP contribution in [-0.4, -0.2) is 24.2 Å². The molecule has 1 aromatic rings. The zero-order chi connectivity index (χ0) is 10.0. The van der Waals surface area contributed by atoms with Crippen molar-refractivity contribution >= 4 is 11.3 Å². The van der Waals surface area contributed by atoms with Gasteiger partial charge in [-0.05, 0) is 13.3 Å². The second-order valence-corrected chi connectivity index (χ2v) is 4.91. The fourth-order valence-corrected chi connectivity index (χ4v) is 2.80. The van der Waals surface area contributed by atoms with Crippen molar-refractivity contribution in [2.45, 2.75) is 25.9 Å². The molecule has 2 heterocycles. The van der Waals surface area contributed by atoms with Crippen LogP contribution in [-0.2, 0) is 11.2 Å². The van der Waals surface area contributed by atoms with Gasteiger partial charge in [-0.25, -0.2) is 4.98 Å². The minimum atomic E-state index is 0.123. The largest absolute Gasteiger partial charge is 0.378 e. The van der Waals surface area contributed by atoms with Gasteiger partial charge in [0.25, 0.3) is 0 Å². The second kappa shape index (κ2) is 3.96. The molecule has 3 nitrogen and oxygen atoms in total. The quantitative estimate of drug-likeness (QED) is 0.824. The smallest absolute Gasteiger partial charge is 0.0931 e. The van der Waals surface area contributed by atoms with Gasteiger partial charge < -0.3 is 10.5 Å². The van der Waals surface area contributed by atoms with Crippen LogP contribution in [0.4, 0.5) is 0 Å². The van der Waals surface area contributed by atoms with Crippen LogP contribution in [0.1, 0.15) is 18.4 Å². The van der Waals surface area contributed by atoms with Crippen molar-refractivity contribution < 1.29 is 4.74 Å². The summed E-state index contributed by atoms with van der Waals surface area (Å²) in [7, 11) is 0. The lowest BCUT2D eigenvalue weighted by molar-refractivity contribution is 0.0673. The van der Waals surface area contributed by atoms with Gasteiger partial charge in [-0.2, -0.15) is 0 Å². The lowest BCUT2D eigenvalue weighted by Crippen LogP contribution is -2.38. The monoisotopic (exact) mass is 212 g/mol. The first-order valence-electron chi connectivity index (χ1n) is 4.97. The van der Waals surface area contributed by atoms with E-state index in [4.69, 9.17) is 10.5 Å². The number of thiazole rings is 1. The highest BCUT2D eigenvalue weighted by molar-refractivity contribution is 7.09. The Morgan fingerprint density at radius 3 is 3.14 bits per heavy atom. The number of hydrogen-bond acceptors (Lipinski definition) is 4. The predicted molar refractivity (Wildman–Crippen MR) is 57.3 cm³/mol. The normalized spacial score (nSPS) is 32.3. The third kappa shape index (κ3) is 1.69. The fraction of sp³-hybridized carbons (Fsp3) is 0.700. The van der Waals surface area contributed by atoms with Gasteiger partial charge in [0.05, 0.1) is 11.1 Å². The van der Waals surface area contributed by atoms with E-state index in [2.05, 4.69) is 11.9 Å². The summed E-state index contributed by atoms with van der Waals surface area (Å²) < 4.78 is 5.61. The Kier molecular flexibility index (Phi) is 2.85. The second-order valence-electron chi connectivity index (χ2n) is 3.93. The van der Waals surface area contributed by atoms with E-state index in [1.807, 2.05) is 11.6 Å². The SMILES string of the molecule is CC1OCCC1(CN)Cc1nccs1. The van der Waals surface area contributed by atoms with Gasteiger partial charge in [0, 0.05) is 36.6 Å². The number of ether oxygens (including phenoxy) is 1. The molecule has 2 N–H and O–H groups in total. The number of rotatable bonds is 3. The first-order chi connectivity index (χ1) is 6.77. The van der Waals surface area contributed by atoms with Gasteiger partial charge >= 0.3 is 0 Å². The number of hydrogen-bond donors (Lipinski definition) is 1. The third-order valence-corrected chi connectivity index (χ3v) is 4.00. The van der Waals surface area contributed by atoms with E-state index < -0.39 is 0 Å². The van der Waals surface area contributed by atoms with Crippen molar-refractivity contribution in [2.75, 3.05) is 13.2 Å². The van der Waals surface area contributed by atoms with E-state index in [0.29, 0.717) is 6.54 Å². The molecular weight excluding hydrogens is 196 g/mol. The minimum Gasteiger partial charge on any atom is -0.378 e. The molecule has 1 fully saturated rings. The molecule has 2 atom stereocenters. The molecule has 0 aromatic carbocycles. The zero-order valence-electron chi connectivity index (χ0n) is 8.40. The number of nitrogens with zero attached hydrogens (tertiary/aromatic N) is 1. The summed E-state index contributed by atoms with van der Waals surface area (Å²) in [4.78, 5) is 4.31. The maximum atomic E-state index is 5.87. The van der Waals surface area contributed by atoms with E-state index >= 15 is 0 Å². The molecule has 1 aliphatic heterocycles. The van der Waals surface area contributed by atoms with Crippen LogP contribution >= 0.6 is 11.3 Å². The molecule has 0 radical (unpaired) electrons. The molecule has 0 aliphatic carbocycles. The Bertz CT molecular complexity index is 288. The van der Waals surface area contributed by atoms with Crippen LogP contribution in [0.5, 0.6) is 0 Å². The van der Waals surface area contributed by atoms with Crippen LogP contribution in [0.2, 0.25) is 0 Å². The molecule has 1 saturated heterocycles. The van der Waals surface area contributed by atoms with Gasteiger partial charge in [0.2, 0.25) is 0 Å². The fourth-order valence-electron chi connectivity index (χ4n) is 2.03. The highest BCUT2D eigenvalue weighted by Crippen LogP contribution is 2.37. The molecule has 4 heteroatoms.